The van der Waals surface area contributed by atoms with E-state index in [1.165, 1.54) is 6.07 Å². The minimum absolute atomic E-state index is 0.109. The Morgan fingerprint density at radius 2 is 1.83 bits per heavy atom. The zero-order chi connectivity index (χ0) is 17.6. The summed E-state index contributed by atoms with van der Waals surface area (Å²) in [7, 11) is 0. The van der Waals surface area contributed by atoms with Crippen LogP contribution in [-0.4, -0.2) is 28.6 Å². The van der Waals surface area contributed by atoms with Crippen LogP contribution < -0.4 is 0 Å². The third-order valence-electron chi connectivity index (χ3n) is 4.62. The van der Waals surface area contributed by atoms with Gasteiger partial charge in [0.05, 0.1) is 5.56 Å². The highest BCUT2D eigenvalue weighted by Gasteiger charge is 2.34. The average Bonchev–Trinajstić information content (AvgIpc) is 3.03. The number of hydrogen-bond acceptors (Lipinski definition) is 2. The molecular formula is C18H24F3NO2. The number of nitrogens with zero attached hydrogens (tertiary/aromatic N) is 1. The molecule has 6 heteroatoms. The molecule has 0 unspecified atom stereocenters. The van der Waals surface area contributed by atoms with E-state index in [4.69, 9.17) is 5.11 Å². The molecule has 1 aliphatic rings. The lowest BCUT2D eigenvalue weighted by molar-refractivity contribution is -0.139. The van der Waals surface area contributed by atoms with Crippen LogP contribution in [-0.2, 0) is 17.5 Å². The van der Waals surface area contributed by atoms with E-state index in [1.807, 2.05) is 0 Å². The van der Waals surface area contributed by atoms with Gasteiger partial charge in [-0.3, -0.25) is 9.69 Å². The van der Waals surface area contributed by atoms with Crippen LogP contribution in [0.3, 0.4) is 0 Å². The summed E-state index contributed by atoms with van der Waals surface area (Å²) in [6.07, 6.45) is 1.24. The highest BCUT2D eigenvalue weighted by molar-refractivity contribution is 5.66. The molecule has 1 aliphatic carbocycles. The fourth-order valence-corrected chi connectivity index (χ4v) is 3.40. The lowest BCUT2D eigenvalue weighted by atomic mass is 10.0. The Bertz CT molecular complexity index is 539. The molecule has 0 bridgehead atoms. The average molecular weight is 343 g/mol. The van der Waals surface area contributed by atoms with Crippen LogP contribution in [0.1, 0.15) is 56.1 Å². The van der Waals surface area contributed by atoms with Gasteiger partial charge < -0.3 is 5.11 Å². The molecule has 1 N–H and O–H groups in total. The first-order valence-electron chi connectivity index (χ1n) is 8.49. The minimum atomic E-state index is -4.35. The van der Waals surface area contributed by atoms with Gasteiger partial charge in [-0.1, -0.05) is 31.0 Å². The monoisotopic (exact) mass is 343 g/mol. The van der Waals surface area contributed by atoms with Gasteiger partial charge >= 0.3 is 12.1 Å². The maximum Gasteiger partial charge on any atom is 0.416 e. The maximum atomic E-state index is 13.2. The van der Waals surface area contributed by atoms with Crippen molar-refractivity contribution in [2.24, 2.45) is 0 Å². The number of aliphatic carboxylic acids is 1. The molecule has 0 aliphatic heterocycles. The van der Waals surface area contributed by atoms with Crippen molar-refractivity contribution in [1.82, 2.24) is 4.90 Å². The van der Waals surface area contributed by atoms with Crippen molar-refractivity contribution in [3.05, 3.63) is 35.4 Å². The SMILES string of the molecule is O=C(O)CCCCN(Cc1ccccc1C(F)(F)F)C1CCCC1. The smallest absolute Gasteiger partial charge is 0.416 e. The van der Waals surface area contributed by atoms with Crippen molar-refractivity contribution >= 4 is 5.97 Å². The van der Waals surface area contributed by atoms with E-state index in [0.717, 1.165) is 31.7 Å². The summed E-state index contributed by atoms with van der Waals surface area (Å²) in [5.74, 6) is -0.829. The number of rotatable bonds is 8. The van der Waals surface area contributed by atoms with Gasteiger partial charge in [0.2, 0.25) is 0 Å². The third-order valence-corrected chi connectivity index (χ3v) is 4.62. The predicted octanol–water partition coefficient (Wildman–Crippen LogP) is 4.70. The van der Waals surface area contributed by atoms with Crippen LogP contribution in [0.4, 0.5) is 13.2 Å². The standard InChI is InChI=1S/C18H24F3NO2/c19-18(20,21)16-10-4-1-7-14(16)13-22(15-8-2-3-9-15)12-6-5-11-17(23)24/h1,4,7,10,15H,2-3,5-6,8-9,11-13H2,(H,23,24). The molecule has 1 fully saturated rings. The molecule has 0 atom stereocenters. The zero-order valence-corrected chi connectivity index (χ0v) is 13.7. The van der Waals surface area contributed by atoms with Crippen molar-refractivity contribution in [3.8, 4) is 0 Å². The molecule has 1 aromatic carbocycles. The highest BCUT2D eigenvalue weighted by atomic mass is 19.4. The topological polar surface area (TPSA) is 40.5 Å². The van der Waals surface area contributed by atoms with E-state index in [-0.39, 0.29) is 13.0 Å². The number of hydrogen-bond donors (Lipinski definition) is 1. The number of carboxylic acid groups (broad SMARTS) is 1. The summed E-state index contributed by atoms with van der Waals surface area (Å²) in [6.45, 7) is 0.914. The summed E-state index contributed by atoms with van der Waals surface area (Å²) in [4.78, 5) is 12.7. The highest BCUT2D eigenvalue weighted by Crippen LogP contribution is 2.33. The maximum absolute atomic E-state index is 13.2. The van der Waals surface area contributed by atoms with Crippen LogP contribution >= 0.6 is 0 Å². The lowest BCUT2D eigenvalue weighted by Gasteiger charge is -2.30. The first-order valence-corrected chi connectivity index (χ1v) is 8.49. The summed E-state index contributed by atoms with van der Waals surface area (Å²) in [5.41, 5.74) is -0.270. The quantitative estimate of drug-likeness (QED) is 0.695. The van der Waals surface area contributed by atoms with Gasteiger partial charge in [0.15, 0.2) is 0 Å². The second kappa shape index (κ2) is 8.51. The Labute approximate surface area is 140 Å². The van der Waals surface area contributed by atoms with E-state index in [9.17, 15) is 18.0 Å². The minimum Gasteiger partial charge on any atom is -0.481 e. The fourth-order valence-electron chi connectivity index (χ4n) is 3.40. The summed E-state index contributed by atoms with van der Waals surface area (Å²) >= 11 is 0. The van der Waals surface area contributed by atoms with Crippen LogP contribution in [0.15, 0.2) is 24.3 Å². The Hall–Kier alpha value is -1.56. The Morgan fingerprint density at radius 3 is 2.46 bits per heavy atom. The van der Waals surface area contributed by atoms with Crippen molar-refractivity contribution in [2.75, 3.05) is 6.54 Å². The van der Waals surface area contributed by atoms with E-state index >= 15 is 0 Å². The Balaban J connectivity index is 2.06. The van der Waals surface area contributed by atoms with Gasteiger partial charge in [0.1, 0.15) is 0 Å². The fraction of sp³-hybridized carbons (Fsp3) is 0.611. The van der Waals surface area contributed by atoms with Crippen LogP contribution in [0.5, 0.6) is 0 Å². The number of alkyl halides is 3. The molecule has 0 saturated heterocycles. The number of unbranched alkanes of at least 4 members (excludes halogenated alkanes) is 1. The van der Waals surface area contributed by atoms with Crippen LogP contribution in [0, 0.1) is 0 Å². The van der Waals surface area contributed by atoms with Gasteiger partial charge in [-0.15, -0.1) is 0 Å². The molecule has 3 nitrogen and oxygen atoms in total. The van der Waals surface area contributed by atoms with E-state index in [2.05, 4.69) is 4.90 Å². The number of carbonyl (C=O) groups is 1. The zero-order valence-electron chi connectivity index (χ0n) is 13.7. The molecule has 134 valence electrons. The molecule has 0 heterocycles. The molecule has 0 amide bonds. The molecule has 1 saturated carbocycles. The molecule has 0 aromatic heterocycles. The van der Waals surface area contributed by atoms with Gasteiger partial charge in [-0.25, -0.2) is 0 Å². The summed E-state index contributed by atoms with van der Waals surface area (Å²) < 4.78 is 39.6. The van der Waals surface area contributed by atoms with E-state index < -0.39 is 17.7 Å². The molecule has 24 heavy (non-hydrogen) atoms. The number of benzene rings is 1. The second-order valence-electron chi connectivity index (χ2n) is 6.41. The van der Waals surface area contributed by atoms with E-state index in [1.54, 1.807) is 12.1 Å². The Morgan fingerprint density at radius 1 is 1.17 bits per heavy atom. The van der Waals surface area contributed by atoms with Gasteiger partial charge in [0.25, 0.3) is 0 Å². The second-order valence-corrected chi connectivity index (χ2v) is 6.41. The number of halogens is 3. The van der Waals surface area contributed by atoms with Crippen molar-refractivity contribution in [3.63, 3.8) is 0 Å². The first kappa shape index (κ1) is 18.8. The summed E-state index contributed by atoms with van der Waals surface area (Å²) in [6, 6.07) is 6.03. The first-order chi connectivity index (χ1) is 11.4. The lowest BCUT2D eigenvalue weighted by Crippen LogP contribution is -2.34. The van der Waals surface area contributed by atoms with Crippen LogP contribution in [0.25, 0.3) is 0 Å². The molecule has 0 spiro atoms. The molecular weight excluding hydrogens is 319 g/mol. The van der Waals surface area contributed by atoms with Gasteiger partial charge in [-0.05, 0) is 43.9 Å². The molecule has 1 aromatic rings. The van der Waals surface area contributed by atoms with Gasteiger partial charge in [0, 0.05) is 19.0 Å². The van der Waals surface area contributed by atoms with Crippen LogP contribution in [0.2, 0.25) is 0 Å². The van der Waals surface area contributed by atoms with Crippen molar-refractivity contribution in [1.29, 1.82) is 0 Å². The van der Waals surface area contributed by atoms with Crippen molar-refractivity contribution in [2.45, 2.75) is 63.7 Å². The molecule has 2 rings (SSSR count). The van der Waals surface area contributed by atoms with E-state index in [0.29, 0.717) is 31.0 Å². The summed E-state index contributed by atoms with van der Waals surface area (Å²) in [5, 5.41) is 8.71. The predicted molar refractivity (Wildman–Crippen MR) is 85.6 cm³/mol. The third kappa shape index (κ3) is 5.51. The molecule has 0 radical (unpaired) electrons. The largest absolute Gasteiger partial charge is 0.481 e. The normalized spacial score (nSPS) is 16.0. The Kier molecular flexibility index (Phi) is 6.66. The van der Waals surface area contributed by atoms with Crippen molar-refractivity contribution < 1.29 is 23.1 Å². The van der Waals surface area contributed by atoms with Gasteiger partial charge in [-0.2, -0.15) is 13.2 Å². The number of carboxylic acids is 1.